The molecule has 0 atom stereocenters. The Balaban J connectivity index is 1.59. The molecule has 0 aliphatic heterocycles. The molecule has 0 aliphatic carbocycles. The molecule has 0 saturated carbocycles. The van der Waals surface area contributed by atoms with E-state index in [1.54, 1.807) is 49.6 Å². The Labute approximate surface area is 156 Å². The number of methoxy groups -OCH3 is 1. The number of carbonyl (C=O) groups is 1. The predicted molar refractivity (Wildman–Crippen MR) is 102 cm³/mol. The molecule has 0 fully saturated rings. The highest BCUT2D eigenvalue weighted by atomic mass is 19.1. The summed E-state index contributed by atoms with van der Waals surface area (Å²) >= 11 is 0. The molecule has 0 spiro atoms. The van der Waals surface area contributed by atoms with E-state index in [9.17, 15) is 9.18 Å². The van der Waals surface area contributed by atoms with Gasteiger partial charge in [-0.2, -0.15) is 0 Å². The van der Waals surface area contributed by atoms with E-state index in [1.807, 2.05) is 0 Å². The summed E-state index contributed by atoms with van der Waals surface area (Å²) in [7, 11) is 1.58. The molecule has 0 aliphatic rings. The van der Waals surface area contributed by atoms with Gasteiger partial charge in [0.05, 0.1) is 7.11 Å². The van der Waals surface area contributed by atoms with Crippen LogP contribution in [0.15, 0.2) is 60.8 Å². The van der Waals surface area contributed by atoms with E-state index in [-0.39, 0.29) is 17.4 Å². The number of amides is 1. The lowest BCUT2D eigenvalue weighted by atomic mass is 10.1. The fraction of sp³-hybridized carbons (Fsp3) is 0.150. The molecule has 0 saturated heterocycles. The highest BCUT2D eigenvalue weighted by Gasteiger charge is 2.09. The lowest BCUT2D eigenvalue weighted by Crippen LogP contribution is -2.16. The number of rotatable bonds is 7. The highest BCUT2D eigenvalue weighted by molar-refractivity contribution is 6.02. The molecular formula is C20H19FN4O2. The number of anilines is 2. The van der Waals surface area contributed by atoms with Crippen LogP contribution in [-0.4, -0.2) is 29.5 Å². The molecule has 6 nitrogen and oxygen atoms in total. The molecule has 0 radical (unpaired) electrons. The van der Waals surface area contributed by atoms with Gasteiger partial charge in [0.2, 0.25) is 5.95 Å². The molecule has 27 heavy (non-hydrogen) atoms. The van der Waals surface area contributed by atoms with E-state index in [4.69, 9.17) is 4.74 Å². The smallest absolute Gasteiger partial charge is 0.274 e. The van der Waals surface area contributed by atoms with Gasteiger partial charge in [0.25, 0.3) is 5.91 Å². The quantitative estimate of drug-likeness (QED) is 0.669. The molecule has 7 heteroatoms. The number of nitrogens with zero attached hydrogens (tertiary/aromatic N) is 2. The molecule has 0 bridgehead atoms. The molecule has 1 amide bonds. The summed E-state index contributed by atoms with van der Waals surface area (Å²) in [6.07, 6.45) is 1.99. The average Bonchev–Trinajstić information content (AvgIpc) is 2.70. The number of hydrogen-bond donors (Lipinski definition) is 2. The lowest BCUT2D eigenvalue weighted by Gasteiger charge is -2.08. The Morgan fingerprint density at radius 1 is 1.11 bits per heavy atom. The van der Waals surface area contributed by atoms with Crippen LogP contribution in [-0.2, 0) is 6.42 Å². The van der Waals surface area contributed by atoms with Gasteiger partial charge in [0.1, 0.15) is 17.3 Å². The minimum atomic E-state index is -0.347. The van der Waals surface area contributed by atoms with Crippen molar-refractivity contribution in [3.8, 4) is 5.75 Å². The number of ether oxygens (including phenoxy) is 1. The second-order valence-corrected chi connectivity index (χ2v) is 5.72. The zero-order valence-electron chi connectivity index (χ0n) is 14.8. The minimum absolute atomic E-state index is 0.231. The van der Waals surface area contributed by atoms with Crippen molar-refractivity contribution in [3.05, 3.63) is 77.9 Å². The van der Waals surface area contributed by atoms with Crippen LogP contribution >= 0.6 is 0 Å². The fourth-order valence-corrected chi connectivity index (χ4v) is 2.45. The number of carbonyl (C=O) groups excluding carboxylic acids is 1. The summed E-state index contributed by atoms with van der Waals surface area (Å²) in [5.74, 6) is 0.428. The zero-order valence-corrected chi connectivity index (χ0v) is 14.8. The number of nitrogens with one attached hydrogen (secondary N) is 2. The van der Waals surface area contributed by atoms with Gasteiger partial charge in [0, 0.05) is 18.4 Å². The normalized spacial score (nSPS) is 10.3. The van der Waals surface area contributed by atoms with Crippen molar-refractivity contribution in [2.45, 2.75) is 6.42 Å². The van der Waals surface area contributed by atoms with Crippen LogP contribution in [0.5, 0.6) is 5.75 Å². The Bertz CT molecular complexity index is 916. The van der Waals surface area contributed by atoms with Crippen molar-refractivity contribution in [1.29, 1.82) is 0 Å². The number of aromatic nitrogens is 2. The number of halogens is 1. The molecule has 3 aromatic rings. The summed E-state index contributed by atoms with van der Waals surface area (Å²) < 4.78 is 18.7. The molecule has 1 heterocycles. The third-order valence-corrected chi connectivity index (χ3v) is 3.87. The Morgan fingerprint density at radius 3 is 2.63 bits per heavy atom. The van der Waals surface area contributed by atoms with Gasteiger partial charge in [0.15, 0.2) is 0 Å². The van der Waals surface area contributed by atoms with Gasteiger partial charge in [-0.05, 0) is 48.4 Å². The van der Waals surface area contributed by atoms with Gasteiger partial charge < -0.3 is 15.4 Å². The summed E-state index contributed by atoms with van der Waals surface area (Å²) in [6.45, 7) is 0.449. The average molecular weight is 366 g/mol. The molecule has 1 aromatic heterocycles. The maximum absolute atomic E-state index is 13.6. The van der Waals surface area contributed by atoms with Gasteiger partial charge >= 0.3 is 0 Å². The van der Waals surface area contributed by atoms with Crippen molar-refractivity contribution < 1.29 is 13.9 Å². The molecule has 2 N–H and O–H groups in total. The van der Waals surface area contributed by atoms with Crippen LogP contribution in [0.1, 0.15) is 16.1 Å². The largest absolute Gasteiger partial charge is 0.497 e. The zero-order chi connectivity index (χ0) is 19.1. The lowest BCUT2D eigenvalue weighted by molar-refractivity contribution is 0.102. The minimum Gasteiger partial charge on any atom is -0.497 e. The number of benzene rings is 2. The fourth-order valence-electron chi connectivity index (χ4n) is 2.45. The van der Waals surface area contributed by atoms with Crippen LogP contribution in [0.2, 0.25) is 0 Å². The van der Waals surface area contributed by atoms with Crippen molar-refractivity contribution in [2.24, 2.45) is 0 Å². The van der Waals surface area contributed by atoms with Crippen molar-refractivity contribution in [1.82, 2.24) is 9.97 Å². The molecule has 3 rings (SSSR count). The Kier molecular flexibility index (Phi) is 5.94. The van der Waals surface area contributed by atoms with Gasteiger partial charge in [-0.25, -0.2) is 14.4 Å². The van der Waals surface area contributed by atoms with E-state index in [0.29, 0.717) is 35.9 Å². The maximum Gasteiger partial charge on any atom is 0.274 e. The first-order valence-electron chi connectivity index (χ1n) is 8.41. The number of hydrogen-bond acceptors (Lipinski definition) is 5. The maximum atomic E-state index is 13.6. The second-order valence-electron chi connectivity index (χ2n) is 5.72. The second kappa shape index (κ2) is 8.75. The predicted octanol–water partition coefficient (Wildman–Crippen LogP) is 3.53. The van der Waals surface area contributed by atoms with Crippen LogP contribution < -0.4 is 15.4 Å². The Morgan fingerprint density at radius 2 is 1.89 bits per heavy atom. The standard InChI is InChI=1S/C20H19FN4O2/c1-27-16-8-6-15(7-9-16)24-19(26)18-11-13-23-20(25-18)22-12-10-14-4-2-3-5-17(14)21/h2-9,11,13H,10,12H2,1H3,(H,24,26)(H,22,23,25). The molecular weight excluding hydrogens is 347 g/mol. The highest BCUT2D eigenvalue weighted by Crippen LogP contribution is 2.16. The van der Waals surface area contributed by atoms with Crippen LogP contribution in [0, 0.1) is 5.82 Å². The first-order chi connectivity index (χ1) is 13.2. The SMILES string of the molecule is COc1ccc(NC(=O)c2ccnc(NCCc3ccccc3F)n2)cc1. The van der Waals surface area contributed by atoms with Crippen molar-refractivity contribution >= 4 is 17.5 Å². The first-order valence-corrected chi connectivity index (χ1v) is 8.41. The van der Waals surface area contributed by atoms with Crippen molar-refractivity contribution in [2.75, 3.05) is 24.3 Å². The van der Waals surface area contributed by atoms with Gasteiger partial charge in [-0.1, -0.05) is 18.2 Å². The van der Waals surface area contributed by atoms with E-state index >= 15 is 0 Å². The van der Waals surface area contributed by atoms with Crippen LogP contribution in [0.3, 0.4) is 0 Å². The third-order valence-electron chi connectivity index (χ3n) is 3.87. The Hall–Kier alpha value is -3.48. The van der Waals surface area contributed by atoms with E-state index in [2.05, 4.69) is 20.6 Å². The molecule has 138 valence electrons. The van der Waals surface area contributed by atoms with E-state index in [1.165, 1.54) is 18.3 Å². The van der Waals surface area contributed by atoms with E-state index < -0.39 is 0 Å². The van der Waals surface area contributed by atoms with E-state index in [0.717, 1.165) is 0 Å². The third kappa shape index (κ3) is 5.01. The summed E-state index contributed by atoms with van der Waals surface area (Å²) in [4.78, 5) is 20.6. The van der Waals surface area contributed by atoms with Gasteiger partial charge in [-0.15, -0.1) is 0 Å². The first kappa shape index (κ1) is 18.3. The summed E-state index contributed by atoms with van der Waals surface area (Å²) in [5.41, 5.74) is 1.47. The molecule has 2 aromatic carbocycles. The summed E-state index contributed by atoms with van der Waals surface area (Å²) in [6, 6.07) is 15.1. The van der Waals surface area contributed by atoms with Crippen LogP contribution in [0.25, 0.3) is 0 Å². The van der Waals surface area contributed by atoms with Gasteiger partial charge in [-0.3, -0.25) is 4.79 Å². The van der Waals surface area contributed by atoms with Crippen LogP contribution in [0.4, 0.5) is 16.0 Å². The van der Waals surface area contributed by atoms with Crippen molar-refractivity contribution in [3.63, 3.8) is 0 Å². The topological polar surface area (TPSA) is 76.1 Å². The monoisotopic (exact) mass is 366 g/mol. The molecule has 0 unspecified atom stereocenters. The summed E-state index contributed by atoms with van der Waals surface area (Å²) in [5, 5.41) is 5.77.